The van der Waals surface area contributed by atoms with Gasteiger partial charge in [-0.25, -0.2) is 4.79 Å². The molecule has 2 aromatic rings. The van der Waals surface area contributed by atoms with E-state index >= 15 is 0 Å². The van der Waals surface area contributed by atoms with Crippen molar-refractivity contribution in [3.63, 3.8) is 0 Å². The first-order valence-corrected chi connectivity index (χ1v) is 9.47. The van der Waals surface area contributed by atoms with Crippen LogP contribution in [-0.2, 0) is 15.1 Å². The first kappa shape index (κ1) is 20.1. The number of rotatable bonds is 4. The van der Waals surface area contributed by atoms with Crippen molar-refractivity contribution in [3.05, 3.63) is 52.5 Å². The summed E-state index contributed by atoms with van der Waals surface area (Å²) in [5.74, 6) is -1.70. The number of nitrogens with one attached hydrogen (secondary N) is 2. The van der Waals surface area contributed by atoms with Crippen LogP contribution in [0.5, 0.6) is 11.5 Å². The number of benzene rings is 2. The zero-order valence-corrected chi connectivity index (χ0v) is 17.0. The third-order valence-electron chi connectivity index (χ3n) is 4.67. The standard InChI is InChI=1S/C19H14BrF2N3O5/c1-18(11-4-2-3-5-12(11)20)16(27)25(17(28)24-18)9-15(26)23-10-6-7-13-14(8-10)30-19(21,22)29-13/h2-8H,9H2,1H3,(H,23,26)(H,24,28). The average molecular weight is 482 g/mol. The lowest BCUT2D eigenvalue weighted by Crippen LogP contribution is -2.42. The Morgan fingerprint density at radius 2 is 1.87 bits per heavy atom. The van der Waals surface area contributed by atoms with E-state index in [1.54, 1.807) is 31.2 Å². The van der Waals surface area contributed by atoms with E-state index in [1.165, 1.54) is 12.1 Å². The minimum absolute atomic E-state index is 0.140. The Morgan fingerprint density at radius 3 is 2.60 bits per heavy atom. The lowest BCUT2D eigenvalue weighted by Gasteiger charge is -2.23. The van der Waals surface area contributed by atoms with Crippen LogP contribution in [0.1, 0.15) is 12.5 Å². The summed E-state index contributed by atoms with van der Waals surface area (Å²) in [7, 11) is 0. The Morgan fingerprint density at radius 1 is 1.17 bits per heavy atom. The van der Waals surface area contributed by atoms with Gasteiger partial charge in [-0.1, -0.05) is 34.1 Å². The topological polar surface area (TPSA) is 97.0 Å². The zero-order chi connectivity index (χ0) is 21.7. The van der Waals surface area contributed by atoms with Crippen molar-refractivity contribution in [2.45, 2.75) is 18.8 Å². The Bertz CT molecular complexity index is 1080. The molecule has 30 heavy (non-hydrogen) atoms. The molecule has 0 radical (unpaired) electrons. The number of hydrogen-bond donors (Lipinski definition) is 2. The van der Waals surface area contributed by atoms with E-state index in [1.807, 2.05) is 0 Å². The molecule has 0 saturated carbocycles. The van der Waals surface area contributed by atoms with E-state index in [4.69, 9.17) is 0 Å². The molecule has 2 aliphatic rings. The molecule has 2 aromatic carbocycles. The normalized spacial score (nSPS) is 21.5. The lowest BCUT2D eigenvalue weighted by atomic mass is 9.92. The minimum Gasteiger partial charge on any atom is -0.395 e. The van der Waals surface area contributed by atoms with Crippen molar-refractivity contribution < 1.29 is 32.6 Å². The van der Waals surface area contributed by atoms with Gasteiger partial charge in [0.2, 0.25) is 5.91 Å². The van der Waals surface area contributed by atoms with Gasteiger partial charge in [0.15, 0.2) is 11.5 Å². The van der Waals surface area contributed by atoms with E-state index < -0.39 is 36.2 Å². The fourth-order valence-corrected chi connectivity index (χ4v) is 3.94. The highest BCUT2D eigenvalue weighted by atomic mass is 79.9. The molecule has 0 bridgehead atoms. The number of carbonyl (C=O) groups excluding carboxylic acids is 3. The zero-order valence-electron chi connectivity index (χ0n) is 15.4. The number of ether oxygens (including phenoxy) is 2. The quantitative estimate of drug-likeness (QED) is 0.653. The number of anilines is 1. The molecule has 1 unspecified atom stereocenters. The fraction of sp³-hybridized carbons (Fsp3) is 0.211. The SMILES string of the molecule is CC1(c2ccccc2Br)NC(=O)N(CC(=O)Nc2ccc3c(c2)OC(F)(F)O3)C1=O. The predicted molar refractivity (Wildman–Crippen MR) is 103 cm³/mol. The van der Waals surface area contributed by atoms with Crippen molar-refractivity contribution in [3.8, 4) is 11.5 Å². The molecule has 0 spiro atoms. The Balaban J connectivity index is 1.47. The van der Waals surface area contributed by atoms with E-state index in [0.717, 1.165) is 11.0 Å². The second-order valence-electron chi connectivity index (χ2n) is 6.80. The monoisotopic (exact) mass is 481 g/mol. The molecule has 2 heterocycles. The van der Waals surface area contributed by atoms with Gasteiger partial charge in [-0.05, 0) is 25.1 Å². The summed E-state index contributed by atoms with van der Waals surface area (Å²) in [5, 5.41) is 5.05. The third kappa shape index (κ3) is 3.45. The van der Waals surface area contributed by atoms with Crippen LogP contribution < -0.4 is 20.1 Å². The van der Waals surface area contributed by atoms with Crippen LogP contribution in [0.15, 0.2) is 46.9 Å². The molecular weight excluding hydrogens is 468 g/mol. The van der Waals surface area contributed by atoms with E-state index in [0.29, 0.717) is 10.0 Å². The molecule has 2 aliphatic heterocycles. The van der Waals surface area contributed by atoms with Crippen molar-refractivity contribution >= 4 is 39.5 Å². The summed E-state index contributed by atoms with van der Waals surface area (Å²) in [5.41, 5.74) is -0.662. The fourth-order valence-electron chi connectivity index (χ4n) is 3.26. The average Bonchev–Trinajstić information content (AvgIpc) is 3.08. The molecule has 0 aliphatic carbocycles. The number of nitrogens with zero attached hydrogens (tertiary/aromatic N) is 1. The van der Waals surface area contributed by atoms with Gasteiger partial charge in [0.1, 0.15) is 12.1 Å². The second-order valence-corrected chi connectivity index (χ2v) is 7.66. The van der Waals surface area contributed by atoms with Crippen LogP contribution in [0.25, 0.3) is 0 Å². The number of alkyl halides is 2. The van der Waals surface area contributed by atoms with Crippen LogP contribution in [-0.4, -0.2) is 35.6 Å². The number of urea groups is 1. The largest absolute Gasteiger partial charge is 0.586 e. The molecule has 2 N–H and O–H groups in total. The van der Waals surface area contributed by atoms with Gasteiger partial charge in [-0.15, -0.1) is 8.78 Å². The highest BCUT2D eigenvalue weighted by Crippen LogP contribution is 2.42. The van der Waals surface area contributed by atoms with Crippen LogP contribution >= 0.6 is 15.9 Å². The van der Waals surface area contributed by atoms with Gasteiger partial charge in [-0.2, -0.15) is 0 Å². The highest BCUT2D eigenvalue weighted by Gasteiger charge is 2.50. The van der Waals surface area contributed by atoms with Crippen molar-refractivity contribution in [2.75, 3.05) is 11.9 Å². The third-order valence-corrected chi connectivity index (χ3v) is 5.37. The van der Waals surface area contributed by atoms with Crippen LogP contribution in [0.2, 0.25) is 0 Å². The number of halogens is 3. The maximum atomic E-state index is 13.1. The number of fused-ring (bicyclic) bond motifs is 1. The van der Waals surface area contributed by atoms with Gasteiger partial charge in [0.25, 0.3) is 5.91 Å². The maximum absolute atomic E-state index is 13.1. The minimum atomic E-state index is -3.78. The molecule has 1 fully saturated rings. The number of carbonyl (C=O) groups is 3. The van der Waals surface area contributed by atoms with Crippen molar-refractivity contribution in [1.82, 2.24) is 10.2 Å². The molecule has 1 saturated heterocycles. The maximum Gasteiger partial charge on any atom is 0.586 e. The van der Waals surface area contributed by atoms with Crippen LogP contribution in [0.4, 0.5) is 19.3 Å². The molecule has 0 aromatic heterocycles. The van der Waals surface area contributed by atoms with Gasteiger partial charge >= 0.3 is 12.3 Å². The molecule has 8 nitrogen and oxygen atoms in total. The van der Waals surface area contributed by atoms with Crippen molar-refractivity contribution in [1.29, 1.82) is 0 Å². The molecule has 4 amide bonds. The summed E-state index contributed by atoms with van der Waals surface area (Å²) in [6.45, 7) is 0.985. The lowest BCUT2D eigenvalue weighted by molar-refractivity contribution is -0.286. The first-order chi connectivity index (χ1) is 14.1. The summed E-state index contributed by atoms with van der Waals surface area (Å²) < 4.78 is 35.5. The predicted octanol–water partition coefficient (Wildman–Crippen LogP) is 3.18. The first-order valence-electron chi connectivity index (χ1n) is 8.68. The van der Waals surface area contributed by atoms with E-state index in [-0.39, 0.29) is 17.2 Å². The summed E-state index contributed by atoms with van der Waals surface area (Å²) in [6, 6.07) is 9.90. The summed E-state index contributed by atoms with van der Waals surface area (Å²) in [4.78, 5) is 38.5. The van der Waals surface area contributed by atoms with Crippen molar-refractivity contribution in [2.24, 2.45) is 0 Å². The summed E-state index contributed by atoms with van der Waals surface area (Å²) >= 11 is 3.36. The molecular formula is C19H14BrF2N3O5. The Hall–Kier alpha value is -3.21. The van der Waals surface area contributed by atoms with Gasteiger partial charge < -0.3 is 20.1 Å². The Kier molecular flexibility index (Phi) is 4.64. The molecule has 156 valence electrons. The van der Waals surface area contributed by atoms with E-state index in [2.05, 4.69) is 36.0 Å². The Labute approximate surface area is 177 Å². The molecule has 1 atom stereocenters. The van der Waals surface area contributed by atoms with Crippen LogP contribution in [0, 0.1) is 0 Å². The highest BCUT2D eigenvalue weighted by molar-refractivity contribution is 9.10. The van der Waals surface area contributed by atoms with Gasteiger partial charge in [0.05, 0.1) is 0 Å². The smallest absolute Gasteiger partial charge is 0.395 e. The number of amides is 4. The number of imide groups is 1. The summed E-state index contributed by atoms with van der Waals surface area (Å²) in [6.07, 6.45) is -3.78. The van der Waals surface area contributed by atoms with E-state index in [9.17, 15) is 23.2 Å². The second kappa shape index (κ2) is 6.94. The number of hydrogen-bond acceptors (Lipinski definition) is 5. The van der Waals surface area contributed by atoms with Gasteiger partial charge in [-0.3, -0.25) is 14.5 Å². The molecule has 11 heteroatoms. The molecule has 4 rings (SSSR count). The van der Waals surface area contributed by atoms with Gasteiger partial charge in [0, 0.05) is 21.8 Å². The van der Waals surface area contributed by atoms with Crippen LogP contribution in [0.3, 0.4) is 0 Å².